The van der Waals surface area contributed by atoms with Gasteiger partial charge in [0.05, 0.1) is 17.4 Å². The molecule has 0 radical (unpaired) electrons. The first-order valence-corrected chi connectivity index (χ1v) is 9.53. The summed E-state index contributed by atoms with van der Waals surface area (Å²) in [6, 6.07) is 12.8. The first kappa shape index (κ1) is 19.8. The number of hydrogen-bond acceptors (Lipinski definition) is 3. The van der Waals surface area contributed by atoms with E-state index in [1.165, 1.54) is 0 Å². The Labute approximate surface area is 164 Å². The molecule has 4 nitrogen and oxygen atoms in total. The van der Waals surface area contributed by atoms with E-state index in [4.69, 9.17) is 4.74 Å². The van der Waals surface area contributed by atoms with E-state index in [1.54, 1.807) is 24.3 Å². The van der Waals surface area contributed by atoms with Gasteiger partial charge in [-0.3, -0.25) is 4.79 Å². The minimum absolute atomic E-state index is 0.0346. The summed E-state index contributed by atoms with van der Waals surface area (Å²) in [7, 11) is 0. The Hall–Kier alpha value is -2.95. The third kappa shape index (κ3) is 4.66. The van der Waals surface area contributed by atoms with Crippen LogP contribution in [0.15, 0.2) is 54.4 Å². The van der Waals surface area contributed by atoms with E-state index < -0.39 is 0 Å². The average molecular weight is 380 g/mol. The first-order valence-electron chi connectivity index (χ1n) is 9.53. The van der Waals surface area contributed by atoms with Gasteiger partial charge in [0, 0.05) is 17.9 Å². The number of rotatable bonds is 8. The standard InChI is InChI=1S/C23H25FN2O2/c1-4-16(13-24)14-28-19-8-6-18(7-9-19)22(27)12-17-5-10-20-21(11-17)26-23(25-20)15(2)3/h5-11,13,15H,4,12,14H2,1-3H3,(H,25,26). The molecule has 3 rings (SSSR count). The molecular formula is C23H25FN2O2. The van der Waals surface area contributed by atoms with E-state index in [1.807, 2.05) is 25.1 Å². The van der Waals surface area contributed by atoms with Gasteiger partial charge in [0.25, 0.3) is 0 Å². The zero-order chi connectivity index (χ0) is 20.1. The Morgan fingerprint density at radius 2 is 1.96 bits per heavy atom. The van der Waals surface area contributed by atoms with Crippen LogP contribution in [0.2, 0.25) is 0 Å². The highest BCUT2D eigenvalue weighted by Crippen LogP contribution is 2.20. The van der Waals surface area contributed by atoms with Crippen LogP contribution in [-0.2, 0) is 6.42 Å². The quantitative estimate of drug-likeness (QED) is 0.506. The largest absolute Gasteiger partial charge is 0.489 e. The number of imidazole rings is 1. The maximum absolute atomic E-state index is 12.6. The third-order valence-electron chi connectivity index (χ3n) is 4.69. The van der Waals surface area contributed by atoms with Crippen LogP contribution in [0.25, 0.3) is 11.0 Å². The van der Waals surface area contributed by atoms with Crippen molar-refractivity contribution in [3.8, 4) is 5.75 Å². The fourth-order valence-electron chi connectivity index (χ4n) is 2.87. The minimum Gasteiger partial charge on any atom is -0.489 e. The number of ether oxygens (including phenoxy) is 1. The molecule has 3 aromatic rings. The molecule has 0 saturated carbocycles. The highest BCUT2D eigenvalue weighted by atomic mass is 19.1. The van der Waals surface area contributed by atoms with E-state index >= 15 is 0 Å². The van der Waals surface area contributed by atoms with Gasteiger partial charge in [-0.05, 0) is 54.0 Å². The predicted octanol–water partition coefficient (Wildman–Crippen LogP) is 5.75. The molecular weight excluding hydrogens is 355 g/mol. The number of carbonyl (C=O) groups excluding carboxylic acids is 1. The number of ketones is 1. The fourth-order valence-corrected chi connectivity index (χ4v) is 2.87. The van der Waals surface area contributed by atoms with Gasteiger partial charge in [0.2, 0.25) is 0 Å². The van der Waals surface area contributed by atoms with Crippen LogP contribution in [0.5, 0.6) is 5.75 Å². The summed E-state index contributed by atoms with van der Waals surface area (Å²) in [5.74, 6) is 1.92. The number of benzene rings is 2. The summed E-state index contributed by atoms with van der Waals surface area (Å²) in [6.45, 7) is 6.27. The topological polar surface area (TPSA) is 55.0 Å². The highest BCUT2D eigenvalue weighted by molar-refractivity contribution is 5.98. The number of H-pyrrole nitrogens is 1. The van der Waals surface area contributed by atoms with E-state index in [0.29, 0.717) is 42.0 Å². The fraction of sp³-hybridized carbons (Fsp3) is 0.304. The number of fused-ring (bicyclic) bond motifs is 1. The van der Waals surface area contributed by atoms with Gasteiger partial charge in [-0.1, -0.05) is 26.8 Å². The number of carbonyl (C=O) groups is 1. The van der Waals surface area contributed by atoms with Gasteiger partial charge in [-0.25, -0.2) is 9.37 Å². The second-order valence-electron chi connectivity index (χ2n) is 7.16. The van der Waals surface area contributed by atoms with Crippen LogP contribution in [0.3, 0.4) is 0 Å². The normalized spacial score (nSPS) is 12.0. The molecule has 0 saturated heterocycles. The van der Waals surface area contributed by atoms with Crippen LogP contribution in [0.1, 0.15) is 54.9 Å². The van der Waals surface area contributed by atoms with Crippen LogP contribution in [0, 0.1) is 0 Å². The van der Waals surface area contributed by atoms with Crippen molar-refractivity contribution in [2.45, 2.75) is 39.5 Å². The highest BCUT2D eigenvalue weighted by Gasteiger charge is 2.11. The zero-order valence-corrected chi connectivity index (χ0v) is 16.5. The lowest BCUT2D eigenvalue weighted by atomic mass is 10.0. The molecule has 0 atom stereocenters. The third-order valence-corrected chi connectivity index (χ3v) is 4.69. The van der Waals surface area contributed by atoms with Crippen LogP contribution in [-0.4, -0.2) is 22.4 Å². The van der Waals surface area contributed by atoms with E-state index in [0.717, 1.165) is 22.4 Å². The van der Waals surface area contributed by atoms with Crippen molar-refractivity contribution in [3.05, 3.63) is 71.3 Å². The number of nitrogens with one attached hydrogen (secondary N) is 1. The molecule has 2 aromatic carbocycles. The van der Waals surface area contributed by atoms with Crippen molar-refractivity contribution in [3.63, 3.8) is 0 Å². The van der Waals surface area contributed by atoms with Crippen molar-refractivity contribution in [2.24, 2.45) is 0 Å². The Balaban J connectivity index is 1.66. The van der Waals surface area contributed by atoms with Crippen molar-refractivity contribution in [1.29, 1.82) is 0 Å². The summed E-state index contributed by atoms with van der Waals surface area (Å²) in [5.41, 5.74) is 4.02. The molecule has 0 unspecified atom stereocenters. The molecule has 0 spiro atoms. The maximum atomic E-state index is 12.6. The molecule has 0 fully saturated rings. The summed E-state index contributed by atoms with van der Waals surface area (Å²) >= 11 is 0. The molecule has 146 valence electrons. The minimum atomic E-state index is 0.0346. The Morgan fingerprint density at radius 1 is 1.21 bits per heavy atom. The smallest absolute Gasteiger partial charge is 0.167 e. The first-order chi connectivity index (χ1) is 13.5. The van der Waals surface area contributed by atoms with Crippen molar-refractivity contribution in [2.75, 3.05) is 6.61 Å². The van der Waals surface area contributed by atoms with Gasteiger partial charge in [0.15, 0.2) is 5.78 Å². The second-order valence-corrected chi connectivity index (χ2v) is 7.16. The van der Waals surface area contributed by atoms with Crippen molar-refractivity contribution in [1.82, 2.24) is 9.97 Å². The number of nitrogens with zero attached hydrogens (tertiary/aromatic N) is 1. The van der Waals surface area contributed by atoms with Crippen LogP contribution < -0.4 is 4.74 Å². The van der Waals surface area contributed by atoms with Gasteiger partial charge in [-0.15, -0.1) is 0 Å². The number of halogens is 1. The lowest BCUT2D eigenvalue weighted by Crippen LogP contribution is -2.04. The van der Waals surface area contributed by atoms with Gasteiger partial charge >= 0.3 is 0 Å². The van der Waals surface area contributed by atoms with Crippen molar-refractivity contribution < 1.29 is 13.9 Å². The van der Waals surface area contributed by atoms with E-state index in [2.05, 4.69) is 23.8 Å². The van der Waals surface area contributed by atoms with E-state index in [9.17, 15) is 9.18 Å². The summed E-state index contributed by atoms with van der Waals surface area (Å²) in [4.78, 5) is 20.5. The number of aromatic nitrogens is 2. The van der Waals surface area contributed by atoms with Gasteiger partial charge in [0.1, 0.15) is 18.2 Å². The molecule has 0 amide bonds. The molecule has 1 heterocycles. The van der Waals surface area contributed by atoms with E-state index in [-0.39, 0.29) is 12.4 Å². The molecule has 1 aromatic heterocycles. The van der Waals surface area contributed by atoms with Crippen LogP contribution >= 0.6 is 0 Å². The van der Waals surface area contributed by atoms with Gasteiger partial charge < -0.3 is 9.72 Å². The molecule has 28 heavy (non-hydrogen) atoms. The Bertz CT molecular complexity index is 988. The second kappa shape index (κ2) is 8.83. The monoisotopic (exact) mass is 380 g/mol. The Morgan fingerprint density at radius 3 is 2.61 bits per heavy atom. The summed E-state index contributed by atoms with van der Waals surface area (Å²) in [5, 5.41) is 0. The molecule has 0 bridgehead atoms. The van der Waals surface area contributed by atoms with Crippen LogP contribution in [0.4, 0.5) is 4.39 Å². The number of hydrogen-bond donors (Lipinski definition) is 1. The lowest BCUT2D eigenvalue weighted by molar-refractivity contribution is 0.0993. The maximum Gasteiger partial charge on any atom is 0.167 e. The molecule has 0 aliphatic rings. The molecule has 0 aliphatic heterocycles. The zero-order valence-electron chi connectivity index (χ0n) is 16.5. The summed E-state index contributed by atoms with van der Waals surface area (Å²) in [6.07, 6.45) is 1.50. The molecule has 0 aliphatic carbocycles. The predicted molar refractivity (Wildman–Crippen MR) is 110 cm³/mol. The number of aromatic amines is 1. The number of Topliss-reactive ketones (excluding diaryl/α,β-unsaturated/α-hetero) is 1. The Kier molecular flexibility index (Phi) is 6.24. The van der Waals surface area contributed by atoms with Crippen molar-refractivity contribution >= 4 is 16.8 Å². The lowest BCUT2D eigenvalue weighted by Gasteiger charge is -2.08. The molecule has 5 heteroatoms. The molecule has 1 N–H and O–H groups in total. The van der Waals surface area contributed by atoms with Gasteiger partial charge in [-0.2, -0.15) is 0 Å². The summed E-state index contributed by atoms with van der Waals surface area (Å²) < 4.78 is 18.1. The average Bonchev–Trinajstić information content (AvgIpc) is 3.13. The SMILES string of the molecule is CCC(=CF)COc1ccc(C(=O)Cc2ccc3nc(C(C)C)[nH]c3c2)cc1.